The van der Waals surface area contributed by atoms with E-state index in [9.17, 15) is 0 Å². The largest absolute Gasteiger partial charge is 0.385 e. The lowest BCUT2D eigenvalue weighted by Gasteiger charge is -2.38. The zero-order chi connectivity index (χ0) is 16.6. The molecule has 0 aromatic heterocycles. The summed E-state index contributed by atoms with van der Waals surface area (Å²) in [6, 6.07) is 10.7. The number of nitrogens with zero attached hydrogens (tertiary/aromatic N) is 2. The average molecular weight is 320 g/mol. The van der Waals surface area contributed by atoms with Gasteiger partial charge >= 0.3 is 0 Å². The van der Waals surface area contributed by atoms with Crippen LogP contribution < -0.4 is 11.1 Å². The van der Waals surface area contributed by atoms with E-state index in [1.54, 1.807) is 0 Å². The van der Waals surface area contributed by atoms with Gasteiger partial charge in [0.05, 0.1) is 5.54 Å². The molecule has 3 heterocycles. The van der Waals surface area contributed by atoms with E-state index >= 15 is 0 Å². The molecule has 2 atom stereocenters. The molecule has 1 saturated heterocycles. The number of likely N-dealkylation sites (tertiary alicyclic amines) is 1. The Labute approximate surface area is 143 Å². The van der Waals surface area contributed by atoms with Crippen molar-refractivity contribution in [2.75, 3.05) is 13.1 Å². The maximum atomic E-state index is 5.90. The van der Waals surface area contributed by atoms with Gasteiger partial charge in [-0.15, -0.1) is 0 Å². The maximum absolute atomic E-state index is 5.90. The summed E-state index contributed by atoms with van der Waals surface area (Å²) < 4.78 is 0. The van der Waals surface area contributed by atoms with Crippen LogP contribution >= 0.6 is 0 Å². The van der Waals surface area contributed by atoms with Crippen LogP contribution in [0.25, 0.3) is 0 Å². The predicted molar refractivity (Wildman–Crippen MR) is 98.3 cm³/mol. The minimum Gasteiger partial charge on any atom is -0.385 e. The molecule has 4 heteroatoms. The van der Waals surface area contributed by atoms with Gasteiger partial charge in [0, 0.05) is 36.5 Å². The van der Waals surface area contributed by atoms with Crippen LogP contribution in [-0.4, -0.2) is 29.7 Å². The monoisotopic (exact) mass is 320 g/mol. The average Bonchev–Trinajstić information content (AvgIpc) is 3.05. The van der Waals surface area contributed by atoms with Crippen LogP contribution in [0.2, 0.25) is 0 Å². The Kier molecular flexibility index (Phi) is 3.77. The van der Waals surface area contributed by atoms with Crippen molar-refractivity contribution in [1.29, 1.82) is 0 Å². The van der Waals surface area contributed by atoms with Crippen LogP contribution in [0.3, 0.4) is 0 Å². The Morgan fingerprint density at radius 2 is 2.08 bits per heavy atom. The Morgan fingerprint density at radius 3 is 2.92 bits per heavy atom. The lowest BCUT2D eigenvalue weighted by molar-refractivity contribution is 0.285. The van der Waals surface area contributed by atoms with E-state index in [0.29, 0.717) is 11.7 Å². The third kappa shape index (κ3) is 2.67. The molecule has 0 radical (unpaired) electrons. The highest BCUT2D eigenvalue weighted by atomic mass is 15.2. The van der Waals surface area contributed by atoms with Crippen molar-refractivity contribution < 1.29 is 0 Å². The second-order valence-corrected chi connectivity index (χ2v) is 7.04. The lowest BCUT2D eigenvalue weighted by Crippen LogP contribution is -2.42. The van der Waals surface area contributed by atoms with Crippen LogP contribution in [0.1, 0.15) is 18.9 Å². The molecule has 24 heavy (non-hydrogen) atoms. The number of nitrogens with two attached hydrogens (primary N) is 1. The van der Waals surface area contributed by atoms with Crippen LogP contribution in [0.15, 0.2) is 70.6 Å². The van der Waals surface area contributed by atoms with E-state index in [0.717, 1.165) is 25.3 Å². The van der Waals surface area contributed by atoms with Gasteiger partial charge < -0.3 is 11.1 Å². The highest BCUT2D eigenvalue weighted by Crippen LogP contribution is 2.41. The first-order valence-corrected chi connectivity index (χ1v) is 8.62. The summed E-state index contributed by atoms with van der Waals surface area (Å²) in [7, 11) is 0. The Morgan fingerprint density at radius 1 is 1.25 bits per heavy atom. The fraction of sp³-hybridized carbons (Fsp3) is 0.350. The molecule has 3 N–H and O–H groups in total. The highest BCUT2D eigenvalue weighted by molar-refractivity contribution is 5.78. The number of hydrogen-bond donors (Lipinski definition) is 2. The summed E-state index contributed by atoms with van der Waals surface area (Å²) in [5.74, 6) is 1.21. The predicted octanol–water partition coefficient (Wildman–Crippen LogP) is 2.57. The van der Waals surface area contributed by atoms with Crippen LogP contribution in [0.4, 0.5) is 0 Å². The second-order valence-electron chi connectivity index (χ2n) is 7.04. The smallest absolute Gasteiger partial charge is 0.100 e. The Hall–Kier alpha value is -2.33. The Balaban J connectivity index is 1.52. The summed E-state index contributed by atoms with van der Waals surface area (Å²) in [4.78, 5) is 7.43. The normalized spacial score (nSPS) is 29.4. The first kappa shape index (κ1) is 15.2. The van der Waals surface area contributed by atoms with E-state index < -0.39 is 0 Å². The van der Waals surface area contributed by atoms with Gasteiger partial charge in [-0.25, -0.2) is 0 Å². The van der Waals surface area contributed by atoms with Crippen LogP contribution in [0, 0.1) is 5.92 Å². The fourth-order valence-electron chi connectivity index (χ4n) is 4.04. The summed E-state index contributed by atoms with van der Waals surface area (Å²) in [6.45, 7) is 5.48. The Bertz CT molecular complexity index is 744. The molecule has 1 aromatic carbocycles. The molecule has 0 bridgehead atoms. The molecule has 3 aliphatic rings. The van der Waals surface area contributed by atoms with E-state index in [-0.39, 0.29) is 5.54 Å². The van der Waals surface area contributed by atoms with E-state index in [1.807, 2.05) is 18.4 Å². The summed E-state index contributed by atoms with van der Waals surface area (Å²) in [5.41, 5.74) is 9.45. The number of dihydropyridines is 2. The fourth-order valence-corrected chi connectivity index (χ4v) is 4.04. The molecule has 4 rings (SSSR count). The van der Waals surface area contributed by atoms with Crippen molar-refractivity contribution in [2.24, 2.45) is 16.6 Å². The molecule has 0 saturated carbocycles. The third-order valence-corrected chi connectivity index (χ3v) is 5.44. The van der Waals surface area contributed by atoms with Crippen molar-refractivity contribution in [3.05, 3.63) is 71.2 Å². The third-order valence-electron chi connectivity index (χ3n) is 5.44. The SMILES string of the molecule is CC1(C2CCN(Cc3ccccc3)C2)N=CC=C2NC(N)=CC=C21. The van der Waals surface area contributed by atoms with Crippen molar-refractivity contribution in [1.82, 2.24) is 10.2 Å². The number of allylic oxidation sites excluding steroid dienone is 3. The van der Waals surface area contributed by atoms with Gasteiger partial charge in [0.2, 0.25) is 0 Å². The first-order valence-electron chi connectivity index (χ1n) is 8.62. The van der Waals surface area contributed by atoms with Gasteiger partial charge in [0.1, 0.15) is 5.82 Å². The molecule has 3 aliphatic heterocycles. The van der Waals surface area contributed by atoms with Crippen molar-refractivity contribution in [2.45, 2.75) is 25.4 Å². The molecule has 4 nitrogen and oxygen atoms in total. The van der Waals surface area contributed by atoms with Crippen LogP contribution in [0.5, 0.6) is 0 Å². The standard InChI is InChI=1S/C20H24N4/c1-20(17-7-8-19(21)23-18(17)9-11-22-20)16-10-12-24(14-16)13-15-5-3-2-4-6-15/h2-9,11,16,23H,10,12-14,21H2,1H3. The number of fused-ring (bicyclic) bond motifs is 1. The minimum absolute atomic E-state index is 0.181. The van der Waals surface area contributed by atoms with Gasteiger partial charge in [0.25, 0.3) is 0 Å². The number of hydrogen-bond acceptors (Lipinski definition) is 4. The van der Waals surface area contributed by atoms with Crippen LogP contribution in [-0.2, 0) is 6.54 Å². The van der Waals surface area contributed by atoms with Gasteiger partial charge in [0.15, 0.2) is 0 Å². The molecule has 2 unspecified atom stereocenters. The lowest BCUT2D eigenvalue weighted by atomic mass is 9.76. The summed E-state index contributed by atoms with van der Waals surface area (Å²) >= 11 is 0. The molecule has 1 aromatic rings. The minimum atomic E-state index is -0.181. The summed E-state index contributed by atoms with van der Waals surface area (Å²) in [5, 5.41) is 3.27. The number of aliphatic imine (C=N–C) groups is 1. The number of nitrogens with one attached hydrogen (secondary N) is 1. The van der Waals surface area contributed by atoms with E-state index in [1.165, 1.54) is 17.6 Å². The molecule has 0 spiro atoms. The molecule has 1 fully saturated rings. The first-order chi connectivity index (χ1) is 11.6. The maximum Gasteiger partial charge on any atom is 0.100 e. The number of benzene rings is 1. The zero-order valence-corrected chi connectivity index (χ0v) is 14.1. The van der Waals surface area contributed by atoms with Gasteiger partial charge in [-0.1, -0.05) is 36.4 Å². The quantitative estimate of drug-likeness (QED) is 0.900. The highest BCUT2D eigenvalue weighted by Gasteiger charge is 2.43. The van der Waals surface area contributed by atoms with Gasteiger partial charge in [-0.3, -0.25) is 9.89 Å². The number of rotatable bonds is 3. The molecular formula is C20H24N4. The van der Waals surface area contributed by atoms with Gasteiger partial charge in [-0.2, -0.15) is 0 Å². The second kappa shape index (κ2) is 5.95. The topological polar surface area (TPSA) is 53.6 Å². The van der Waals surface area contributed by atoms with Gasteiger partial charge in [-0.05, 0) is 37.6 Å². The summed E-state index contributed by atoms with van der Waals surface area (Å²) in [6.07, 6.45) is 9.20. The zero-order valence-electron chi connectivity index (χ0n) is 14.1. The van der Waals surface area contributed by atoms with E-state index in [2.05, 4.69) is 53.5 Å². The molecular weight excluding hydrogens is 296 g/mol. The molecule has 0 amide bonds. The van der Waals surface area contributed by atoms with Crippen molar-refractivity contribution in [3.63, 3.8) is 0 Å². The van der Waals surface area contributed by atoms with Crippen molar-refractivity contribution in [3.8, 4) is 0 Å². The van der Waals surface area contributed by atoms with Crippen molar-refractivity contribution >= 4 is 6.21 Å². The molecule has 0 aliphatic carbocycles. The molecule has 124 valence electrons. The van der Waals surface area contributed by atoms with E-state index in [4.69, 9.17) is 10.7 Å².